The molecule has 0 saturated heterocycles. The molecule has 0 unspecified atom stereocenters. The fraction of sp³-hybridized carbons (Fsp3) is 0.182. The molecule has 3 nitrogen and oxygen atoms in total. The lowest BCUT2D eigenvalue weighted by atomic mass is 10.1. The first-order valence-corrected chi connectivity index (χ1v) is 5.63. The zero-order chi connectivity index (χ0) is 11.5. The normalized spacial score (nSPS) is 10.7. The summed E-state index contributed by atoms with van der Waals surface area (Å²) >= 11 is 3.29. The predicted octanol–water partition coefficient (Wildman–Crippen LogP) is 2.29. The molecule has 0 bridgehead atoms. The molecule has 2 N–H and O–H groups in total. The standard InChI is InChI=1S/C11H11BrFN3/c12-10-5-15-16(7-10)6-9-2-1-8(4-14)3-11(9)13/h1-3,5,7H,4,6,14H2. The zero-order valence-electron chi connectivity index (χ0n) is 8.53. The number of hydrogen-bond donors (Lipinski definition) is 1. The van der Waals surface area contributed by atoms with E-state index < -0.39 is 0 Å². The molecule has 1 aromatic carbocycles. The molecule has 1 heterocycles. The van der Waals surface area contributed by atoms with E-state index in [9.17, 15) is 4.39 Å². The molecule has 2 aromatic rings. The second kappa shape index (κ2) is 4.76. The quantitative estimate of drug-likeness (QED) is 0.939. The molecule has 2 rings (SSSR count). The molecule has 0 saturated carbocycles. The lowest BCUT2D eigenvalue weighted by Crippen LogP contribution is -2.04. The van der Waals surface area contributed by atoms with Crippen LogP contribution < -0.4 is 5.73 Å². The van der Waals surface area contributed by atoms with Crippen molar-refractivity contribution in [2.24, 2.45) is 5.73 Å². The summed E-state index contributed by atoms with van der Waals surface area (Å²) in [7, 11) is 0. The van der Waals surface area contributed by atoms with Crippen LogP contribution >= 0.6 is 15.9 Å². The third-order valence-electron chi connectivity index (χ3n) is 2.29. The van der Waals surface area contributed by atoms with Crippen molar-refractivity contribution in [2.75, 3.05) is 0 Å². The Morgan fingerprint density at radius 3 is 2.81 bits per heavy atom. The molecule has 1 aromatic heterocycles. The average Bonchev–Trinajstić information content (AvgIpc) is 2.67. The topological polar surface area (TPSA) is 43.8 Å². The van der Waals surface area contributed by atoms with Gasteiger partial charge in [-0.1, -0.05) is 12.1 Å². The summed E-state index contributed by atoms with van der Waals surface area (Å²) < 4.78 is 16.2. The van der Waals surface area contributed by atoms with Crippen molar-refractivity contribution in [3.8, 4) is 0 Å². The van der Waals surface area contributed by atoms with Crippen LogP contribution in [0.3, 0.4) is 0 Å². The Morgan fingerprint density at radius 1 is 1.44 bits per heavy atom. The average molecular weight is 284 g/mol. The molecule has 5 heteroatoms. The van der Waals surface area contributed by atoms with Crippen LogP contribution in [0, 0.1) is 5.82 Å². The third kappa shape index (κ3) is 2.48. The van der Waals surface area contributed by atoms with Gasteiger partial charge in [0.2, 0.25) is 0 Å². The minimum Gasteiger partial charge on any atom is -0.326 e. The van der Waals surface area contributed by atoms with Crippen LogP contribution in [0.2, 0.25) is 0 Å². The van der Waals surface area contributed by atoms with Gasteiger partial charge in [0.05, 0.1) is 17.2 Å². The highest BCUT2D eigenvalue weighted by molar-refractivity contribution is 9.10. The van der Waals surface area contributed by atoms with Crippen molar-refractivity contribution in [3.63, 3.8) is 0 Å². The van der Waals surface area contributed by atoms with E-state index in [1.807, 2.05) is 6.07 Å². The first-order valence-electron chi connectivity index (χ1n) is 4.84. The van der Waals surface area contributed by atoms with Crippen molar-refractivity contribution in [3.05, 3.63) is 52.0 Å². The van der Waals surface area contributed by atoms with Gasteiger partial charge in [-0.3, -0.25) is 4.68 Å². The minimum absolute atomic E-state index is 0.241. The molecule has 16 heavy (non-hydrogen) atoms. The molecular formula is C11H11BrFN3. The Morgan fingerprint density at radius 2 is 2.25 bits per heavy atom. The second-order valence-corrected chi connectivity index (χ2v) is 4.40. The SMILES string of the molecule is NCc1ccc(Cn2cc(Br)cn2)c(F)c1. The number of halogens is 2. The Bertz CT molecular complexity index is 496. The van der Waals surface area contributed by atoms with E-state index in [2.05, 4.69) is 21.0 Å². The monoisotopic (exact) mass is 283 g/mol. The summed E-state index contributed by atoms with van der Waals surface area (Å²) in [5.41, 5.74) is 6.83. The zero-order valence-corrected chi connectivity index (χ0v) is 10.1. The molecule has 0 radical (unpaired) electrons. The number of nitrogens with two attached hydrogens (primary N) is 1. The second-order valence-electron chi connectivity index (χ2n) is 3.49. The molecule has 0 aliphatic rings. The molecule has 84 valence electrons. The molecule has 0 fully saturated rings. The fourth-order valence-electron chi connectivity index (χ4n) is 1.45. The number of aromatic nitrogens is 2. The smallest absolute Gasteiger partial charge is 0.128 e. The number of rotatable bonds is 3. The summed E-state index contributed by atoms with van der Waals surface area (Å²) in [4.78, 5) is 0. The summed E-state index contributed by atoms with van der Waals surface area (Å²) in [5.74, 6) is -0.241. The Kier molecular flexibility index (Phi) is 3.36. The van der Waals surface area contributed by atoms with Crippen molar-refractivity contribution < 1.29 is 4.39 Å². The van der Waals surface area contributed by atoms with Gasteiger partial charge in [0.15, 0.2) is 0 Å². The lowest BCUT2D eigenvalue weighted by Gasteiger charge is -2.05. The van der Waals surface area contributed by atoms with E-state index in [1.165, 1.54) is 6.07 Å². The molecule has 0 aliphatic carbocycles. The number of hydrogen-bond acceptors (Lipinski definition) is 2. The van der Waals surface area contributed by atoms with Gasteiger partial charge in [0.25, 0.3) is 0 Å². The van der Waals surface area contributed by atoms with Crippen LogP contribution in [-0.2, 0) is 13.1 Å². The van der Waals surface area contributed by atoms with Gasteiger partial charge in [-0.15, -0.1) is 0 Å². The van der Waals surface area contributed by atoms with Gasteiger partial charge in [-0.05, 0) is 27.6 Å². The first kappa shape index (κ1) is 11.3. The molecular weight excluding hydrogens is 273 g/mol. The van der Waals surface area contributed by atoms with E-state index in [0.29, 0.717) is 18.7 Å². The highest BCUT2D eigenvalue weighted by Crippen LogP contribution is 2.13. The Labute approximate surface area is 101 Å². The van der Waals surface area contributed by atoms with Crippen molar-refractivity contribution >= 4 is 15.9 Å². The maximum absolute atomic E-state index is 13.6. The van der Waals surface area contributed by atoms with Gasteiger partial charge >= 0.3 is 0 Å². The summed E-state index contributed by atoms with van der Waals surface area (Å²) in [6, 6.07) is 5.04. The molecule has 0 spiro atoms. The van der Waals surface area contributed by atoms with Gasteiger partial charge in [-0.2, -0.15) is 5.10 Å². The summed E-state index contributed by atoms with van der Waals surface area (Å²) in [5, 5.41) is 4.07. The number of benzene rings is 1. The first-order chi connectivity index (χ1) is 7.69. The Balaban J connectivity index is 2.21. The van der Waals surface area contributed by atoms with Crippen LogP contribution in [0.1, 0.15) is 11.1 Å². The fourth-order valence-corrected chi connectivity index (χ4v) is 1.77. The molecule has 0 aliphatic heterocycles. The van der Waals surface area contributed by atoms with Gasteiger partial charge in [0.1, 0.15) is 5.82 Å². The minimum atomic E-state index is -0.241. The van der Waals surface area contributed by atoms with E-state index in [4.69, 9.17) is 5.73 Å². The third-order valence-corrected chi connectivity index (χ3v) is 2.70. The van der Waals surface area contributed by atoms with Gasteiger partial charge in [0, 0.05) is 18.3 Å². The molecule has 0 atom stereocenters. The van der Waals surface area contributed by atoms with Crippen molar-refractivity contribution in [1.29, 1.82) is 0 Å². The maximum atomic E-state index is 13.6. The summed E-state index contributed by atoms with van der Waals surface area (Å²) in [6.07, 6.45) is 3.47. The van der Waals surface area contributed by atoms with Crippen LogP contribution in [0.15, 0.2) is 35.1 Å². The van der Waals surface area contributed by atoms with Crippen molar-refractivity contribution in [1.82, 2.24) is 9.78 Å². The van der Waals surface area contributed by atoms with Gasteiger partial charge in [-0.25, -0.2) is 4.39 Å². The molecule has 0 amide bonds. The summed E-state index contributed by atoms with van der Waals surface area (Å²) in [6.45, 7) is 0.771. The highest BCUT2D eigenvalue weighted by atomic mass is 79.9. The van der Waals surface area contributed by atoms with Crippen LogP contribution in [-0.4, -0.2) is 9.78 Å². The largest absolute Gasteiger partial charge is 0.326 e. The lowest BCUT2D eigenvalue weighted by molar-refractivity contribution is 0.583. The number of nitrogens with zero attached hydrogens (tertiary/aromatic N) is 2. The van der Waals surface area contributed by atoms with Crippen molar-refractivity contribution in [2.45, 2.75) is 13.1 Å². The van der Waals surface area contributed by atoms with Gasteiger partial charge < -0.3 is 5.73 Å². The predicted molar refractivity (Wildman–Crippen MR) is 63.3 cm³/mol. The van der Waals surface area contributed by atoms with E-state index in [1.54, 1.807) is 23.1 Å². The van der Waals surface area contributed by atoms with Crippen LogP contribution in [0.25, 0.3) is 0 Å². The Hall–Kier alpha value is -1.20. The highest BCUT2D eigenvalue weighted by Gasteiger charge is 2.04. The van der Waals surface area contributed by atoms with E-state index in [-0.39, 0.29) is 5.82 Å². The maximum Gasteiger partial charge on any atom is 0.128 e. The van der Waals surface area contributed by atoms with E-state index >= 15 is 0 Å². The van der Waals surface area contributed by atoms with E-state index in [0.717, 1.165) is 10.0 Å². The van der Waals surface area contributed by atoms with Crippen LogP contribution in [0.5, 0.6) is 0 Å². The van der Waals surface area contributed by atoms with Crippen LogP contribution in [0.4, 0.5) is 4.39 Å².